The molecular weight excluding hydrogens is 360 g/mol. The zero-order valence-corrected chi connectivity index (χ0v) is 15.1. The number of carbonyl (C=O) groups excluding carboxylic acids is 1. The van der Waals surface area contributed by atoms with Crippen LogP contribution in [-0.2, 0) is 4.84 Å². The van der Waals surface area contributed by atoms with Crippen molar-refractivity contribution in [2.45, 2.75) is 19.3 Å². The van der Waals surface area contributed by atoms with Crippen molar-refractivity contribution in [2.24, 2.45) is 0 Å². The molecule has 3 aromatic rings. The van der Waals surface area contributed by atoms with E-state index in [-0.39, 0.29) is 12.4 Å². The highest BCUT2D eigenvalue weighted by Crippen LogP contribution is 2.39. The van der Waals surface area contributed by atoms with Gasteiger partial charge in [0.1, 0.15) is 5.75 Å². The first kappa shape index (κ1) is 17.9. The lowest BCUT2D eigenvalue weighted by Gasteiger charge is -2.19. The molecule has 0 spiro atoms. The second-order valence-electron chi connectivity index (χ2n) is 6.57. The van der Waals surface area contributed by atoms with Crippen LogP contribution in [0.15, 0.2) is 48.7 Å². The Hall–Kier alpha value is -3.48. The van der Waals surface area contributed by atoms with E-state index in [1.807, 2.05) is 36.4 Å². The lowest BCUT2D eigenvalue weighted by atomic mass is 9.85. The highest BCUT2D eigenvalue weighted by molar-refractivity contribution is 6.25. The number of aromatic nitrogens is 1. The van der Waals surface area contributed by atoms with E-state index in [0.717, 1.165) is 34.9 Å². The van der Waals surface area contributed by atoms with Crippen LogP contribution in [0.25, 0.3) is 22.0 Å². The van der Waals surface area contributed by atoms with Crippen molar-refractivity contribution in [3.8, 4) is 17.0 Å². The van der Waals surface area contributed by atoms with Gasteiger partial charge in [0, 0.05) is 28.3 Å². The monoisotopic (exact) mass is 378 g/mol. The molecule has 0 radical (unpaired) electrons. The number of benzene rings is 2. The number of unbranched alkanes of at least 4 members (excludes halogenated alkanes) is 2. The van der Waals surface area contributed by atoms with Crippen molar-refractivity contribution in [3.05, 3.63) is 69.9 Å². The quantitative estimate of drug-likeness (QED) is 0.259. The van der Waals surface area contributed by atoms with Crippen molar-refractivity contribution >= 4 is 16.6 Å². The van der Waals surface area contributed by atoms with Gasteiger partial charge in [-0.1, -0.05) is 24.3 Å². The fourth-order valence-electron chi connectivity index (χ4n) is 3.50. The minimum absolute atomic E-state index is 0.0246. The predicted octanol–water partition coefficient (Wildman–Crippen LogP) is 4.20. The molecule has 28 heavy (non-hydrogen) atoms. The van der Waals surface area contributed by atoms with Crippen molar-refractivity contribution in [2.75, 3.05) is 13.2 Å². The Morgan fingerprint density at radius 3 is 2.57 bits per heavy atom. The molecule has 0 saturated heterocycles. The summed E-state index contributed by atoms with van der Waals surface area (Å²) >= 11 is 0. The molecule has 1 aromatic heterocycles. The Kier molecular flexibility index (Phi) is 4.89. The molecule has 1 heterocycles. The third-order valence-electron chi connectivity index (χ3n) is 4.76. The van der Waals surface area contributed by atoms with Crippen LogP contribution >= 0.6 is 0 Å². The summed E-state index contributed by atoms with van der Waals surface area (Å²) in [6.45, 7) is 0.558. The van der Waals surface area contributed by atoms with Crippen LogP contribution in [0.3, 0.4) is 0 Å². The zero-order valence-electron chi connectivity index (χ0n) is 15.1. The molecule has 0 N–H and O–H groups in total. The lowest BCUT2D eigenvalue weighted by molar-refractivity contribution is -0.757. The third kappa shape index (κ3) is 3.38. The van der Waals surface area contributed by atoms with E-state index >= 15 is 0 Å². The Bertz CT molecular complexity index is 1060. The fourth-order valence-corrected chi connectivity index (χ4v) is 3.50. The number of ether oxygens (including phenoxy) is 1. The van der Waals surface area contributed by atoms with Gasteiger partial charge in [0.15, 0.2) is 5.78 Å². The first-order chi connectivity index (χ1) is 13.6. The van der Waals surface area contributed by atoms with Crippen LogP contribution in [0.5, 0.6) is 5.75 Å². The highest BCUT2D eigenvalue weighted by atomic mass is 16.9. The summed E-state index contributed by atoms with van der Waals surface area (Å²) in [6.07, 6.45) is 3.84. The molecule has 2 aromatic carbocycles. The Morgan fingerprint density at radius 2 is 1.75 bits per heavy atom. The molecule has 1 aliphatic rings. The Balaban J connectivity index is 1.52. The van der Waals surface area contributed by atoms with Crippen molar-refractivity contribution in [1.29, 1.82) is 0 Å². The number of hydrogen-bond acceptors (Lipinski definition) is 6. The Labute approximate surface area is 161 Å². The van der Waals surface area contributed by atoms with Crippen molar-refractivity contribution < 1.29 is 19.5 Å². The van der Waals surface area contributed by atoms with Gasteiger partial charge < -0.3 is 9.57 Å². The minimum Gasteiger partial charge on any atom is -0.494 e. The van der Waals surface area contributed by atoms with Crippen LogP contribution in [0.4, 0.5) is 0 Å². The van der Waals surface area contributed by atoms with Crippen LogP contribution in [0.1, 0.15) is 35.2 Å². The predicted molar refractivity (Wildman–Crippen MR) is 103 cm³/mol. The summed E-state index contributed by atoms with van der Waals surface area (Å²) in [6, 6.07) is 13.1. The van der Waals surface area contributed by atoms with Gasteiger partial charge in [0.2, 0.25) is 0 Å². The summed E-state index contributed by atoms with van der Waals surface area (Å²) < 4.78 is 5.84. The molecule has 0 fully saturated rings. The van der Waals surface area contributed by atoms with Crippen LogP contribution in [0.2, 0.25) is 0 Å². The maximum atomic E-state index is 13.0. The van der Waals surface area contributed by atoms with Crippen molar-refractivity contribution in [3.63, 3.8) is 0 Å². The largest absolute Gasteiger partial charge is 0.494 e. The number of rotatable bonds is 8. The van der Waals surface area contributed by atoms with Crippen LogP contribution in [-0.4, -0.2) is 29.1 Å². The Morgan fingerprint density at radius 1 is 0.964 bits per heavy atom. The smallest absolute Gasteiger partial charge is 0.294 e. The van der Waals surface area contributed by atoms with Crippen LogP contribution < -0.4 is 4.74 Å². The average molecular weight is 378 g/mol. The fraction of sp³-hybridized carbons (Fsp3) is 0.238. The first-order valence-electron chi connectivity index (χ1n) is 9.12. The van der Waals surface area contributed by atoms with Gasteiger partial charge in [0.25, 0.3) is 5.09 Å². The maximum Gasteiger partial charge on any atom is 0.294 e. The van der Waals surface area contributed by atoms with Gasteiger partial charge >= 0.3 is 0 Å². The van der Waals surface area contributed by atoms with Gasteiger partial charge in [-0.3, -0.25) is 9.78 Å². The number of hydrogen-bond donors (Lipinski definition) is 0. The number of fused-ring (bicyclic) bond motifs is 2. The van der Waals surface area contributed by atoms with E-state index in [4.69, 9.17) is 4.74 Å². The number of nitrogens with zero attached hydrogens (tertiary/aromatic N) is 2. The zero-order chi connectivity index (χ0) is 19.5. The van der Waals surface area contributed by atoms with Crippen molar-refractivity contribution in [1.82, 2.24) is 4.98 Å². The molecule has 4 rings (SSSR count). The molecule has 0 aliphatic heterocycles. The summed E-state index contributed by atoms with van der Waals surface area (Å²) in [5.41, 5.74) is 2.93. The third-order valence-corrected chi connectivity index (χ3v) is 4.76. The molecule has 0 unspecified atom stereocenters. The number of ketones is 1. The van der Waals surface area contributed by atoms with E-state index < -0.39 is 5.09 Å². The molecule has 0 saturated carbocycles. The van der Waals surface area contributed by atoms with E-state index in [9.17, 15) is 14.9 Å². The molecule has 0 bridgehead atoms. The highest BCUT2D eigenvalue weighted by Gasteiger charge is 2.26. The average Bonchev–Trinajstić information content (AvgIpc) is 2.70. The molecule has 0 atom stereocenters. The van der Waals surface area contributed by atoms with E-state index in [1.54, 1.807) is 12.3 Å². The second kappa shape index (κ2) is 7.64. The van der Waals surface area contributed by atoms with Crippen LogP contribution in [0, 0.1) is 10.1 Å². The summed E-state index contributed by atoms with van der Waals surface area (Å²) in [5.74, 6) is 0.609. The van der Waals surface area contributed by atoms with E-state index in [0.29, 0.717) is 29.9 Å². The maximum absolute atomic E-state index is 13.0. The van der Waals surface area contributed by atoms with E-state index in [2.05, 4.69) is 9.82 Å². The summed E-state index contributed by atoms with van der Waals surface area (Å²) in [4.78, 5) is 31.9. The summed E-state index contributed by atoms with van der Waals surface area (Å²) in [5, 5.41) is 11.1. The lowest BCUT2D eigenvalue weighted by Crippen LogP contribution is -2.11. The van der Waals surface area contributed by atoms with Gasteiger partial charge in [-0.25, -0.2) is 0 Å². The second-order valence-corrected chi connectivity index (χ2v) is 6.57. The molecule has 7 heteroatoms. The SMILES string of the molecule is O=C1c2ccccc2-c2nccc3cc(OCCCCCO[N+](=O)[O-])cc1c23. The van der Waals surface area contributed by atoms with Gasteiger partial charge in [-0.05, 0) is 42.8 Å². The van der Waals surface area contributed by atoms with Gasteiger partial charge in [-0.15, -0.1) is 10.1 Å². The first-order valence-corrected chi connectivity index (χ1v) is 9.12. The minimum atomic E-state index is -0.782. The topological polar surface area (TPSA) is 91.6 Å². The normalized spacial score (nSPS) is 11.9. The molecule has 1 aliphatic carbocycles. The molecular formula is C21H18N2O5. The van der Waals surface area contributed by atoms with Gasteiger partial charge in [-0.2, -0.15) is 0 Å². The molecule has 0 amide bonds. The summed E-state index contributed by atoms with van der Waals surface area (Å²) in [7, 11) is 0. The number of carbonyl (C=O) groups is 1. The molecule has 7 nitrogen and oxygen atoms in total. The standard InChI is InChI=1S/C21H18N2O5/c24-21-17-7-3-2-6-16(17)20-19-14(8-9-22-20)12-15(13-18(19)21)27-10-4-1-5-11-28-23(25)26/h2-3,6-9,12-13H,1,4-5,10-11H2. The molecule has 142 valence electrons. The van der Waals surface area contributed by atoms with E-state index in [1.165, 1.54) is 0 Å². The number of pyridine rings is 1. The van der Waals surface area contributed by atoms with Gasteiger partial charge in [0.05, 0.1) is 18.9 Å².